The molecule has 1 saturated heterocycles. The number of urea groups is 1. The number of amides is 2. The Labute approximate surface area is 228 Å². The van der Waals surface area contributed by atoms with Crippen LogP contribution in [0.5, 0.6) is 11.6 Å². The van der Waals surface area contributed by atoms with Crippen LogP contribution in [0.1, 0.15) is 24.0 Å². The molecule has 1 aromatic carbocycles. The second-order valence-electron chi connectivity index (χ2n) is 8.77. The number of halogens is 3. The Morgan fingerprint density at radius 2 is 1.79 bits per heavy atom. The number of carbonyl (C=O) groups is 2. The summed E-state index contributed by atoms with van der Waals surface area (Å²) in [5, 5.41) is 14.2. The molecule has 0 atom stereocenters. The maximum Gasteiger partial charge on any atom is 0.513 e. The molecule has 216 valence electrons. The molecular formula is C24H32F3N5O6S. The van der Waals surface area contributed by atoms with Crippen molar-refractivity contribution < 1.29 is 42.1 Å². The third kappa shape index (κ3) is 8.68. The third-order valence-electron chi connectivity index (χ3n) is 6.06. The van der Waals surface area contributed by atoms with Crippen molar-refractivity contribution in [3.05, 3.63) is 34.6 Å². The summed E-state index contributed by atoms with van der Waals surface area (Å²) in [7, 11) is 1.07. The Balaban J connectivity index is 1.51. The van der Waals surface area contributed by atoms with E-state index in [1.54, 1.807) is 0 Å². The van der Waals surface area contributed by atoms with Gasteiger partial charge in [-0.05, 0) is 49.5 Å². The maximum atomic E-state index is 14.2. The maximum absolute atomic E-state index is 14.2. The predicted octanol–water partition coefficient (Wildman–Crippen LogP) is 3.10. The molecule has 39 heavy (non-hydrogen) atoms. The number of nitrogens with zero attached hydrogens (tertiary/aromatic N) is 3. The molecule has 3 rings (SSSR count). The lowest BCUT2D eigenvalue weighted by Gasteiger charge is -2.34. The van der Waals surface area contributed by atoms with Gasteiger partial charge in [-0.3, -0.25) is 10.2 Å². The number of aromatic nitrogens is 1. The highest BCUT2D eigenvalue weighted by Gasteiger charge is 2.24. The van der Waals surface area contributed by atoms with E-state index in [2.05, 4.69) is 29.5 Å². The van der Waals surface area contributed by atoms with E-state index in [9.17, 15) is 22.8 Å². The summed E-state index contributed by atoms with van der Waals surface area (Å²) >= 11 is 0.705. The molecule has 1 aliphatic heterocycles. The molecule has 0 saturated carbocycles. The number of nitrogens with one attached hydrogen (secondary N) is 2. The van der Waals surface area contributed by atoms with E-state index < -0.39 is 41.8 Å². The normalized spacial score (nSPS) is 14.2. The minimum Gasteiger partial charge on any atom is -0.469 e. The van der Waals surface area contributed by atoms with Crippen molar-refractivity contribution in [1.82, 2.24) is 19.5 Å². The fraction of sp³-hybridized carbons (Fsp3) is 0.542. The number of anilines is 1. The highest BCUT2D eigenvalue weighted by molar-refractivity contribution is 7.11. The van der Waals surface area contributed by atoms with Crippen LogP contribution in [0.4, 0.5) is 27.8 Å². The number of unbranched alkanes of at least 4 members (excludes halogenated alkanes) is 1. The van der Waals surface area contributed by atoms with Crippen molar-refractivity contribution >= 4 is 28.7 Å². The van der Waals surface area contributed by atoms with Gasteiger partial charge in [-0.25, -0.2) is 22.8 Å². The lowest BCUT2D eigenvalue weighted by Crippen LogP contribution is -2.47. The van der Waals surface area contributed by atoms with Crippen LogP contribution >= 0.6 is 11.5 Å². The average Bonchev–Trinajstić information content (AvgIpc) is 3.28. The average molecular weight is 576 g/mol. The van der Waals surface area contributed by atoms with Crippen molar-refractivity contribution in [3.8, 4) is 11.6 Å². The fourth-order valence-corrected chi connectivity index (χ4v) is 4.53. The summed E-state index contributed by atoms with van der Waals surface area (Å²) in [6.07, 6.45) is 0.471. The largest absolute Gasteiger partial charge is 0.513 e. The number of hydrogen-bond acceptors (Lipinski definition) is 10. The molecule has 0 radical (unpaired) electrons. The summed E-state index contributed by atoms with van der Waals surface area (Å²) in [4.78, 5) is 28.7. The summed E-state index contributed by atoms with van der Waals surface area (Å²) < 4.78 is 61.0. The molecule has 11 nitrogen and oxygen atoms in total. The van der Waals surface area contributed by atoms with Crippen LogP contribution in [0.2, 0.25) is 0 Å². The van der Waals surface area contributed by atoms with Gasteiger partial charge >= 0.3 is 12.2 Å². The van der Waals surface area contributed by atoms with Crippen molar-refractivity contribution in [2.75, 3.05) is 64.8 Å². The molecule has 2 heterocycles. The molecule has 3 N–H and O–H groups in total. The first kappa shape index (κ1) is 30.4. The Morgan fingerprint density at radius 1 is 1.10 bits per heavy atom. The molecule has 0 bridgehead atoms. The lowest BCUT2D eigenvalue weighted by molar-refractivity contribution is 0.111. The molecule has 1 fully saturated rings. The monoisotopic (exact) mass is 575 g/mol. The number of rotatable bonds is 12. The number of carbonyl (C=O) groups excluding carboxylic acids is 2. The number of β-amino-alcohol motifs (C(OH)–C–C–N with tert-alkyl or cyclic N) is 1. The third-order valence-corrected chi connectivity index (χ3v) is 6.78. The minimum absolute atomic E-state index is 0.00955. The van der Waals surface area contributed by atoms with E-state index in [-0.39, 0.29) is 28.8 Å². The zero-order valence-electron chi connectivity index (χ0n) is 21.7. The first-order valence-electron chi connectivity index (χ1n) is 12.3. The van der Waals surface area contributed by atoms with Gasteiger partial charge in [0.25, 0.3) is 5.88 Å². The number of methoxy groups -OCH3 is 1. The van der Waals surface area contributed by atoms with E-state index in [1.165, 1.54) is 6.92 Å². The number of aryl methyl sites for hydroxylation is 1. The van der Waals surface area contributed by atoms with Gasteiger partial charge in [0.05, 0.1) is 19.3 Å². The molecule has 1 aromatic heterocycles. The number of benzene rings is 1. The molecule has 2 amide bonds. The smallest absolute Gasteiger partial charge is 0.469 e. The zero-order chi connectivity index (χ0) is 28.4. The van der Waals surface area contributed by atoms with Crippen molar-refractivity contribution in [2.45, 2.75) is 26.4 Å². The molecule has 0 spiro atoms. The van der Waals surface area contributed by atoms with E-state index in [4.69, 9.17) is 14.6 Å². The van der Waals surface area contributed by atoms with Gasteiger partial charge in [0.2, 0.25) is 5.75 Å². The van der Waals surface area contributed by atoms with E-state index in [0.717, 1.165) is 58.7 Å². The first-order valence-corrected chi connectivity index (χ1v) is 13.1. The standard InChI is InChI=1S/C24H32F3N5O6S/c1-15-13-17(25)16(19(27)18(15)26)14-37-21-20(38-24(35)36-2)22(39-30-21)29-23(34)28-5-3-4-6-31-7-9-32(10-8-31)11-12-33/h13,33H,3-12,14H2,1-2H3,(H2,28,29,34). The van der Waals surface area contributed by atoms with Crippen LogP contribution in [0.15, 0.2) is 6.07 Å². The quantitative estimate of drug-likeness (QED) is 0.199. The van der Waals surface area contributed by atoms with E-state index >= 15 is 0 Å². The van der Waals surface area contributed by atoms with Crippen LogP contribution in [-0.4, -0.2) is 91.0 Å². The minimum atomic E-state index is -1.40. The SMILES string of the molecule is COC(=O)Oc1c(OCc2c(F)cc(C)c(F)c2F)nsc1NC(=O)NCCCCN1CCN(CCO)CC1. The van der Waals surface area contributed by atoms with Crippen LogP contribution in [-0.2, 0) is 11.3 Å². The highest BCUT2D eigenvalue weighted by atomic mass is 32.1. The van der Waals surface area contributed by atoms with E-state index in [0.29, 0.717) is 24.6 Å². The van der Waals surface area contributed by atoms with Gasteiger partial charge in [-0.2, -0.15) is 0 Å². The number of piperazine rings is 1. The molecule has 2 aromatic rings. The summed E-state index contributed by atoms with van der Waals surface area (Å²) in [5.74, 6) is -4.30. The Hall–Kier alpha value is -3.14. The summed E-state index contributed by atoms with van der Waals surface area (Å²) in [6, 6.07) is 0.246. The van der Waals surface area contributed by atoms with Crippen LogP contribution in [0, 0.1) is 24.4 Å². The van der Waals surface area contributed by atoms with Gasteiger partial charge in [0, 0.05) is 39.3 Å². The lowest BCUT2D eigenvalue weighted by atomic mass is 10.1. The second kappa shape index (κ2) is 14.9. The summed E-state index contributed by atoms with van der Waals surface area (Å²) in [5.41, 5.74) is -0.874. The van der Waals surface area contributed by atoms with Gasteiger partial charge < -0.3 is 29.5 Å². The summed E-state index contributed by atoms with van der Waals surface area (Å²) in [6.45, 7) is 6.32. The Morgan fingerprint density at radius 3 is 2.46 bits per heavy atom. The molecule has 1 aliphatic rings. The van der Waals surface area contributed by atoms with E-state index in [1.807, 2.05) is 0 Å². The fourth-order valence-electron chi connectivity index (χ4n) is 3.87. The van der Waals surface area contributed by atoms with Crippen molar-refractivity contribution in [1.29, 1.82) is 0 Å². The van der Waals surface area contributed by atoms with Crippen molar-refractivity contribution in [3.63, 3.8) is 0 Å². The van der Waals surface area contributed by atoms with Crippen LogP contribution < -0.4 is 20.1 Å². The molecule has 15 heteroatoms. The number of hydrogen-bond donors (Lipinski definition) is 3. The van der Waals surface area contributed by atoms with Gasteiger partial charge in [-0.1, -0.05) is 0 Å². The second-order valence-corrected chi connectivity index (χ2v) is 9.54. The van der Waals surface area contributed by atoms with Crippen LogP contribution in [0.3, 0.4) is 0 Å². The molecule has 0 aliphatic carbocycles. The van der Waals surface area contributed by atoms with Gasteiger partial charge in [-0.15, -0.1) is 4.37 Å². The number of aliphatic hydroxyl groups is 1. The highest BCUT2D eigenvalue weighted by Crippen LogP contribution is 2.39. The molecule has 0 unspecified atom stereocenters. The molecular weight excluding hydrogens is 543 g/mol. The van der Waals surface area contributed by atoms with Gasteiger partial charge in [0.1, 0.15) is 12.4 Å². The zero-order valence-corrected chi connectivity index (χ0v) is 22.5. The Bertz CT molecular complexity index is 1130. The predicted molar refractivity (Wildman–Crippen MR) is 137 cm³/mol. The first-order chi connectivity index (χ1) is 18.7. The number of ether oxygens (including phenoxy) is 3. The van der Waals surface area contributed by atoms with Crippen molar-refractivity contribution in [2.24, 2.45) is 0 Å². The topological polar surface area (TPSA) is 125 Å². The number of aliphatic hydroxyl groups excluding tert-OH is 1. The van der Waals surface area contributed by atoms with Crippen LogP contribution in [0.25, 0.3) is 0 Å². The van der Waals surface area contributed by atoms with Gasteiger partial charge in [0.15, 0.2) is 16.6 Å². The Kier molecular flexibility index (Phi) is 11.6.